The van der Waals surface area contributed by atoms with Crippen LogP contribution < -0.4 is 10.5 Å². The Balaban J connectivity index is 1.67. The van der Waals surface area contributed by atoms with Crippen molar-refractivity contribution in [2.45, 2.75) is 6.61 Å². The van der Waals surface area contributed by atoms with Crippen LogP contribution in [0.25, 0.3) is 0 Å². The van der Waals surface area contributed by atoms with Gasteiger partial charge in [0.25, 0.3) is 0 Å². The van der Waals surface area contributed by atoms with E-state index in [0.29, 0.717) is 31.3 Å². The molecule has 0 saturated carbocycles. The molecule has 0 aliphatic carbocycles. The molecule has 0 aromatic heterocycles. The second-order valence-electron chi connectivity index (χ2n) is 4.07. The van der Waals surface area contributed by atoms with Gasteiger partial charge in [0, 0.05) is 4.47 Å². The van der Waals surface area contributed by atoms with Crippen LogP contribution in [0.4, 0.5) is 5.69 Å². The predicted octanol–water partition coefficient (Wildman–Crippen LogP) is 3.63. The largest absolute Gasteiger partial charge is 0.489 e. The first-order chi connectivity index (χ1) is 9.25. The summed E-state index contributed by atoms with van der Waals surface area (Å²) in [5, 5.41) is 0. The third-order valence-corrected chi connectivity index (χ3v) is 3.11. The Morgan fingerprint density at radius 1 is 0.947 bits per heavy atom. The Hall–Kier alpha value is -1.52. The van der Waals surface area contributed by atoms with E-state index in [0.717, 1.165) is 10.0 Å². The quantitative estimate of drug-likeness (QED) is 0.652. The highest BCUT2D eigenvalue weighted by Gasteiger charge is 1.98. The van der Waals surface area contributed by atoms with Gasteiger partial charge in [-0.3, -0.25) is 0 Å². The zero-order valence-corrected chi connectivity index (χ0v) is 12.1. The van der Waals surface area contributed by atoms with Crippen molar-refractivity contribution in [1.82, 2.24) is 0 Å². The van der Waals surface area contributed by atoms with Crippen molar-refractivity contribution in [3.8, 4) is 5.75 Å². The SMILES string of the molecule is Nc1ccccc1OCCOCc1ccc(Br)cc1. The van der Waals surface area contributed by atoms with Gasteiger partial charge in [-0.25, -0.2) is 0 Å². The Labute approximate surface area is 121 Å². The third-order valence-electron chi connectivity index (χ3n) is 2.59. The fraction of sp³-hybridized carbons (Fsp3) is 0.200. The molecule has 0 heterocycles. The van der Waals surface area contributed by atoms with E-state index >= 15 is 0 Å². The van der Waals surface area contributed by atoms with Gasteiger partial charge < -0.3 is 15.2 Å². The highest BCUT2D eigenvalue weighted by molar-refractivity contribution is 9.10. The summed E-state index contributed by atoms with van der Waals surface area (Å²) in [6.07, 6.45) is 0. The topological polar surface area (TPSA) is 44.5 Å². The van der Waals surface area contributed by atoms with E-state index < -0.39 is 0 Å². The van der Waals surface area contributed by atoms with Crippen LogP contribution in [0, 0.1) is 0 Å². The molecule has 0 bridgehead atoms. The predicted molar refractivity (Wildman–Crippen MR) is 80.1 cm³/mol. The summed E-state index contributed by atoms with van der Waals surface area (Å²) >= 11 is 3.40. The van der Waals surface area contributed by atoms with Gasteiger partial charge in [-0.2, -0.15) is 0 Å². The number of benzene rings is 2. The van der Waals surface area contributed by atoms with Crippen LogP contribution in [0.5, 0.6) is 5.75 Å². The number of anilines is 1. The summed E-state index contributed by atoms with van der Waals surface area (Å²) in [6.45, 7) is 1.61. The average molecular weight is 322 g/mol. The molecule has 0 fully saturated rings. The van der Waals surface area contributed by atoms with Gasteiger partial charge in [-0.05, 0) is 29.8 Å². The Morgan fingerprint density at radius 3 is 2.42 bits per heavy atom. The normalized spacial score (nSPS) is 10.4. The van der Waals surface area contributed by atoms with E-state index in [4.69, 9.17) is 15.2 Å². The molecule has 2 aromatic carbocycles. The van der Waals surface area contributed by atoms with Crippen LogP contribution in [0.1, 0.15) is 5.56 Å². The summed E-state index contributed by atoms with van der Waals surface area (Å²) in [5.74, 6) is 0.703. The van der Waals surface area contributed by atoms with Crippen LogP contribution in [-0.2, 0) is 11.3 Å². The van der Waals surface area contributed by atoms with E-state index in [-0.39, 0.29) is 0 Å². The number of ether oxygens (including phenoxy) is 2. The average Bonchev–Trinajstić information content (AvgIpc) is 2.42. The maximum atomic E-state index is 5.77. The molecule has 0 atom stereocenters. The summed E-state index contributed by atoms with van der Waals surface area (Å²) in [7, 11) is 0. The number of rotatable bonds is 6. The van der Waals surface area contributed by atoms with Crippen molar-refractivity contribution in [1.29, 1.82) is 0 Å². The van der Waals surface area contributed by atoms with E-state index in [1.807, 2.05) is 48.5 Å². The van der Waals surface area contributed by atoms with Crippen LogP contribution in [0.3, 0.4) is 0 Å². The third kappa shape index (κ3) is 4.58. The zero-order valence-electron chi connectivity index (χ0n) is 10.5. The van der Waals surface area contributed by atoms with Crippen molar-refractivity contribution < 1.29 is 9.47 Å². The van der Waals surface area contributed by atoms with E-state index in [1.165, 1.54) is 0 Å². The molecule has 0 amide bonds. The standard InChI is InChI=1S/C15H16BrNO2/c16-13-7-5-12(6-8-13)11-18-9-10-19-15-4-2-1-3-14(15)17/h1-8H,9-11,17H2. The number of halogens is 1. The van der Waals surface area contributed by atoms with E-state index in [9.17, 15) is 0 Å². The molecule has 3 nitrogen and oxygen atoms in total. The monoisotopic (exact) mass is 321 g/mol. The summed E-state index contributed by atoms with van der Waals surface area (Å²) in [4.78, 5) is 0. The van der Waals surface area contributed by atoms with Crippen LogP contribution in [0.2, 0.25) is 0 Å². The van der Waals surface area contributed by atoms with Crippen molar-refractivity contribution in [2.75, 3.05) is 18.9 Å². The molecule has 0 spiro atoms. The van der Waals surface area contributed by atoms with Crippen LogP contribution >= 0.6 is 15.9 Å². The Kier molecular flexibility index (Phi) is 5.24. The molecular weight excluding hydrogens is 306 g/mol. The van der Waals surface area contributed by atoms with Gasteiger partial charge >= 0.3 is 0 Å². The van der Waals surface area contributed by atoms with Gasteiger partial charge in [0.15, 0.2) is 0 Å². The lowest BCUT2D eigenvalue weighted by Gasteiger charge is -2.09. The summed E-state index contributed by atoms with van der Waals surface area (Å²) in [5.41, 5.74) is 7.56. The molecule has 0 aliphatic rings. The number of hydrogen-bond donors (Lipinski definition) is 1. The molecule has 2 aromatic rings. The second-order valence-corrected chi connectivity index (χ2v) is 4.98. The molecular formula is C15H16BrNO2. The first-order valence-corrected chi connectivity index (χ1v) is 6.84. The number of hydrogen-bond acceptors (Lipinski definition) is 3. The summed E-state index contributed by atoms with van der Waals surface area (Å²) < 4.78 is 12.1. The number of para-hydroxylation sites is 2. The van der Waals surface area contributed by atoms with Crippen LogP contribution in [-0.4, -0.2) is 13.2 Å². The summed E-state index contributed by atoms with van der Waals surface area (Å²) in [6, 6.07) is 15.5. The lowest BCUT2D eigenvalue weighted by Crippen LogP contribution is -2.07. The number of nitrogens with two attached hydrogens (primary N) is 1. The van der Waals surface area contributed by atoms with Crippen molar-refractivity contribution in [3.63, 3.8) is 0 Å². The highest BCUT2D eigenvalue weighted by atomic mass is 79.9. The Morgan fingerprint density at radius 2 is 1.68 bits per heavy atom. The second kappa shape index (κ2) is 7.16. The molecule has 0 aliphatic heterocycles. The molecule has 0 radical (unpaired) electrons. The van der Waals surface area contributed by atoms with E-state index in [2.05, 4.69) is 15.9 Å². The van der Waals surface area contributed by atoms with Gasteiger partial charge in [-0.1, -0.05) is 40.2 Å². The smallest absolute Gasteiger partial charge is 0.142 e. The maximum absolute atomic E-state index is 5.77. The molecule has 19 heavy (non-hydrogen) atoms. The minimum atomic E-state index is 0.491. The number of nitrogen functional groups attached to an aromatic ring is 1. The fourth-order valence-corrected chi connectivity index (χ4v) is 1.86. The molecule has 0 unspecified atom stereocenters. The van der Waals surface area contributed by atoms with Crippen molar-refractivity contribution in [3.05, 3.63) is 58.6 Å². The first-order valence-electron chi connectivity index (χ1n) is 6.05. The van der Waals surface area contributed by atoms with Crippen LogP contribution in [0.15, 0.2) is 53.0 Å². The molecule has 2 rings (SSSR count). The molecule has 0 saturated heterocycles. The molecule has 100 valence electrons. The van der Waals surface area contributed by atoms with Crippen molar-refractivity contribution in [2.24, 2.45) is 0 Å². The maximum Gasteiger partial charge on any atom is 0.142 e. The minimum Gasteiger partial charge on any atom is -0.489 e. The zero-order chi connectivity index (χ0) is 13.5. The van der Waals surface area contributed by atoms with Gasteiger partial charge in [0.1, 0.15) is 12.4 Å². The fourth-order valence-electron chi connectivity index (χ4n) is 1.59. The molecule has 2 N–H and O–H groups in total. The molecule has 4 heteroatoms. The lowest BCUT2D eigenvalue weighted by molar-refractivity contribution is 0.0891. The highest BCUT2D eigenvalue weighted by Crippen LogP contribution is 2.19. The van der Waals surface area contributed by atoms with Crippen molar-refractivity contribution >= 4 is 21.6 Å². The van der Waals surface area contributed by atoms with Gasteiger partial charge in [0.2, 0.25) is 0 Å². The Bertz CT molecular complexity index is 514. The lowest BCUT2D eigenvalue weighted by atomic mass is 10.2. The van der Waals surface area contributed by atoms with E-state index in [1.54, 1.807) is 0 Å². The minimum absolute atomic E-state index is 0.491. The first kappa shape index (κ1) is 13.9. The van der Waals surface area contributed by atoms with Gasteiger partial charge in [-0.15, -0.1) is 0 Å². The van der Waals surface area contributed by atoms with Gasteiger partial charge in [0.05, 0.1) is 18.9 Å².